The van der Waals surface area contributed by atoms with Gasteiger partial charge >= 0.3 is 6.03 Å². The van der Waals surface area contributed by atoms with Gasteiger partial charge in [-0.1, -0.05) is 38.1 Å². The molecule has 3 rings (SSSR count). The van der Waals surface area contributed by atoms with Gasteiger partial charge in [-0.25, -0.2) is 4.79 Å². The number of nitrogens with zero attached hydrogens (tertiary/aromatic N) is 1. The molecule has 0 spiro atoms. The Morgan fingerprint density at radius 2 is 1.96 bits per heavy atom. The van der Waals surface area contributed by atoms with Crippen molar-refractivity contribution in [1.29, 1.82) is 0 Å². The van der Waals surface area contributed by atoms with Crippen LogP contribution < -0.4 is 20.7 Å². The number of carbonyl (C=O) groups is 2. The summed E-state index contributed by atoms with van der Waals surface area (Å²) in [7, 11) is 0. The number of amides is 3. The number of hydrogen-bond acceptors (Lipinski definition) is 4. The summed E-state index contributed by atoms with van der Waals surface area (Å²) >= 11 is 0. The number of pyridine rings is 1. The van der Waals surface area contributed by atoms with Crippen molar-refractivity contribution in [2.45, 2.75) is 19.9 Å². The Hall–Kier alpha value is -3.09. The van der Waals surface area contributed by atoms with Gasteiger partial charge in [-0.05, 0) is 18.2 Å². The van der Waals surface area contributed by atoms with Gasteiger partial charge in [0.25, 0.3) is 0 Å². The average Bonchev–Trinajstić information content (AvgIpc) is 2.83. The monoisotopic (exact) mass is 340 g/mol. The van der Waals surface area contributed by atoms with E-state index in [-0.39, 0.29) is 11.3 Å². The lowest BCUT2D eigenvalue weighted by molar-refractivity contribution is -0.121. The van der Waals surface area contributed by atoms with Gasteiger partial charge in [0.15, 0.2) is 0 Å². The van der Waals surface area contributed by atoms with Crippen LogP contribution >= 0.6 is 0 Å². The van der Waals surface area contributed by atoms with E-state index in [0.717, 1.165) is 0 Å². The lowest BCUT2D eigenvalue weighted by Crippen LogP contribution is -2.48. The number of benzene rings is 1. The van der Waals surface area contributed by atoms with Crippen LogP contribution in [0.5, 0.6) is 11.6 Å². The van der Waals surface area contributed by atoms with Crippen molar-refractivity contribution >= 4 is 17.8 Å². The Balaban J connectivity index is 1.64. The number of para-hydroxylation sites is 1. The molecule has 1 aromatic carbocycles. The smallest absolute Gasteiger partial charge is 0.321 e. The zero-order valence-electron chi connectivity index (χ0n) is 14.1. The highest BCUT2D eigenvalue weighted by molar-refractivity contribution is 5.94. The summed E-state index contributed by atoms with van der Waals surface area (Å²) in [6, 6.07) is 13.2. The molecule has 0 saturated carbocycles. The largest absolute Gasteiger partial charge is 0.439 e. The molecule has 0 radical (unpaired) electrons. The molecule has 3 amide bonds. The van der Waals surface area contributed by atoms with Crippen LogP contribution in [-0.2, 0) is 4.79 Å². The molecule has 1 aliphatic heterocycles. The summed E-state index contributed by atoms with van der Waals surface area (Å²) in [5.41, 5.74) is -0.347. The summed E-state index contributed by atoms with van der Waals surface area (Å²) in [5, 5.41) is 8.07. The molecule has 0 aliphatic carbocycles. The normalized spacial score (nSPS) is 18.3. The fourth-order valence-electron chi connectivity index (χ4n) is 2.57. The minimum atomic E-state index is -0.587. The Labute approximate surface area is 145 Å². The molecule has 1 atom stereocenters. The Morgan fingerprint density at radius 3 is 2.64 bits per heavy atom. The molecule has 1 fully saturated rings. The van der Waals surface area contributed by atoms with Crippen molar-refractivity contribution in [2.24, 2.45) is 5.41 Å². The molecule has 25 heavy (non-hydrogen) atoms. The number of urea groups is 1. The van der Waals surface area contributed by atoms with Crippen LogP contribution in [0, 0.1) is 5.41 Å². The Bertz CT molecular complexity index is 777. The standard InChI is InChI=1S/C18H20N4O3/c1-18(2)11-19-16(23)15(18)22-17(24)21-13-9-6-10-14(20-13)25-12-7-4-3-5-8-12/h3-10,15H,11H2,1-2H3,(H,19,23)(H2,20,21,22,24). The molecule has 3 N–H and O–H groups in total. The molecule has 1 unspecified atom stereocenters. The van der Waals surface area contributed by atoms with Crippen LogP contribution in [0.1, 0.15) is 13.8 Å². The van der Waals surface area contributed by atoms with Crippen LogP contribution in [0.4, 0.5) is 10.6 Å². The zero-order valence-corrected chi connectivity index (χ0v) is 14.1. The Kier molecular flexibility index (Phi) is 4.56. The van der Waals surface area contributed by atoms with Crippen molar-refractivity contribution in [1.82, 2.24) is 15.6 Å². The summed E-state index contributed by atoms with van der Waals surface area (Å²) in [6.45, 7) is 4.36. The van der Waals surface area contributed by atoms with Crippen LogP contribution in [0.2, 0.25) is 0 Å². The van der Waals surface area contributed by atoms with Gasteiger partial charge in [0, 0.05) is 18.0 Å². The van der Waals surface area contributed by atoms with E-state index in [2.05, 4.69) is 20.9 Å². The maximum Gasteiger partial charge on any atom is 0.321 e. The first-order valence-corrected chi connectivity index (χ1v) is 7.99. The van der Waals surface area contributed by atoms with Crippen LogP contribution in [0.25, 0.3) is 0 Å². The van der Waals surface area contributed by atoms with Crippen molar-refractivity contribution in [3.8, 4) is 11.6 Å². The van der Waals surface area contributed by atoms with E-state index in [9.17, 15) is 9.59 Å². The van der Waals surface area contributed by atoms with Gasteiger partial charge in [-0.3, -0.25) is 10.1 Å². The number of rotatable bonds is 4. The molecular weight excluding hydrogens is 320 g/mol. The summed E-state index contributed by atoms with van der Waals surface area (Å²) in [5.74, 6) is 1.17. The highest BCUT2D eigenvalue weighted by Gasteiger charge is 2.42. The van der Waals surface area contributed by atoms with Crippen molar-refractivity contribution in [2.75, 3.05) is 11.9 Å². The molecule has 0 bridgehead atoms. The number of aromatic nitrogens is 1. The third-order valence-electron chi connectivity index (χ3n) is 3.97. The third-order valence-corrected chi connectivity index (χ3v) is 3.97. The van der Waals surface area contributed by atoms with E-state index in [4.69, 9.17) is 4.74 Å². The van der Waals surface area contributed by atoms with Crippen LogP contribution in [-0.4, -0.2) is 29.5 Å². The first-order valence-electron chi connectivity index (χ1n) is 7.99. The maximum atomic E-state index is 12.2. The molecular formula is C18H20N4O3. The second-order valence-corrected chi connectivity index (χ2v) is 6.51. The fraction of sp³-hybridized carbons (Fsp3) is 0.278. The summed E-state index contributed by atoms with van der Waals surface area (Å²) in [4.78, 5) is 28.3. The summed E-state index contributed by atoms with van der Waals surface area (Å²) in [6.07, 6.45) is 0. The zero-order chi connectivity index (χ0) is 17.9. The minimum absolute atomic E-state index is 0.186. The predicted octanol–water partition coefficient (Wildman–Crippen LogP) is 2.52. The van der Waals surface area contributed by atoms with Gasteiger partial charge in [-0.2, -0.15) is 4.98 Å². The molecule has 1 saturated heterocycles. The van der Waals surface area contributed by atoms with Gasteiger partial charge in [-0.15, -0.1) is 0 Å². The average molecular weight is 340 g/mol. The minimum Gasteiger partial charge on any atom is -0.439 e. The lowest BCUT2D eigenvalue weighted by Gasteiger charge is -2.24. The highest BCUT2D eigenvalue weighted by Crippen LogP contribution is 2.25. The summed E-state index contributed by atoms with van der Waals surface area (Å²) < 4.78 is 5.64. The number of ether oxygens (including phenoxy) is 1. The lowest BCUT2D eigenvalue weighted by atomic mass is 9.87. The van der Waals surface area contributed by atoms with E-state index < -0.39 is 12.1 Å². The van der Waals surface area contributed by atoms with E-state index in [1.54, 1.807) is 18.2 Å². The number of carbonyl (C=O) groups excluding carboxylic acids is 2. The van der Waals surface area contributed by atoms with Gasteiger partial charge < -0.3 is 15.4 Å². The topological polar surface area (TPSA) is 92.4 Å². The van der Waals surface area contributed by atoms with Crippen molar-refractivity contribution in [3.05, 3.63) is 48.5 Å². The Morgan fingerprint density at radius 1 is 1.20 bits per heavy atom. The SMILES string of the molecule is CC1(C)CNC(=O)C1NC(=O)Nc1cccc(Oc2ccccc2)n1. The van der Waals surface area contributed by atoms with Crippen LogP contribution in [0.15, 0.2) is 48.5 Å². The number of nitrogens with one attached hydrogen (secondary N) is 3. The van der Waals surface area contributed by atoms with Crippen molar-refractivity contribution in [3.63, 3.8) is 0 Å². The number of anilines is 1. The van der Waals surface area contributed by atoms with E-state index in [1.807, 2.05) is 44.2 Å². The molecule has 1 aromatic heterocycles. The quantitative estimate of drug-likeness (QED) is 0.797. The molecule has 2 aromatic rings. The van der Waals surface area contributed by atoms with Gasteiger partial charge in [0.05, 0.1) is 0 Å². The van der Waals surface area contributed by atoms with Crippen LogP contribution in [0.3, 0.4) is 0 Å². The molecule has 7 nitrogen and oxygen atoms in total. The van der Waals surface area contributed by atoms with Crippen molar-refractivity contribution < 1.29 is 14.3 Å². The first kappa shape index (κ1) is 16.8. The van der Waals surface area contributed by atoms with Gasteiger partial charge in [0.2, 0.25) is 11.8 Å². The molecule has 130 valence electrons. The molecule has 2 heterocycles. The maximum absolute atomic E-state index is 12.2. The van der Waals surface area contributed by atoms with E-state index >= 15 is 0 Å². The fourth-order valence-corrected chi connectivity index (χ4v) is 2.57. The molecule has 1 aliphatic rings. The predicted molar refractivity (Wildman–Crippen MR) is 93.5 cm³/mol. The van der Waals surface area contributed by atoms with E-state index in [0.29, 0.717) is 24.0 Å². The molecule has 7 heteroatoms. The van der Waals surface area contributed by atoms with E-state index in [1.165, 1.54) is 0 Å². The first-order chi connectivity index (χ1) is 11.9. The highest BCUT2D eigenvalue weighted by atomic mass is 16.5. The number of hydrogen-bond donors (Lipinski definition) is 3. The second-order valence-electron chi connectivity index (χ2n) is 6.51. The second kappa shape index (κ2) is 6.80. The third kappa shape index (κ3) is 4.06. The van der Waals surface area contributed by atoms with Gasteiger partial charge in [0.1, 0.15) is 17.6 Å².